The normalized spacial score (nSPS) is 11.1. The van der Waals surface area contributed by atoms with Gasteiger partial charge >= 0.3 is 0 Å². The number of nitro benzene ring substituents is 1. The van der Waals surface area contributed by atoms with Crippen LogP contribution in [-0.2, 0) is 0 Å². The van der Waals surface area contributed by atoms with Crippen LogP contribution in [0.3, 0.4) is 0 Å². The second-order valence-corrected chi connectivity index (χ2v) is 2.69. The van der Waals surface area contributed by atoms with Gasteiger partial charge in [-0.1, -0.05) is 0 Å². The summed E-state index contributed by atoms with van der Waals surface area (Å²) in [6.07, 6.45) is 0. The molecule has 0 spiro atoms. The van der Waals surface area contributed by atoms with Crippen LogP contribution in [0.2, 0.25) is 0 Å². The third kappa shape index (κ3) is 2.76. The zero-order valence-electron chi connectivity index (χ0n) is 7.68. The largest absolute Gasteiger partial charge is 0.383 e. The maximum Gasteiger partial charge on any atom is 0.269 e. The summed E-state index contributed by atoms with van der Waals surface area (Å²) >= 11 is 0. The van der Waals surface area contributed by atoms with Crippen molar-refractivity contribution in [3.8, 4) is 0 Å². The number of hydrogen-bond acceptors (Lipinski definition) is 3. The van der Waals surface area contributed by atoms with E-state index in [1.165, 1.54) is 24.3 Å². The van der Waals surface area contributed by atoms with Crippen LogP contribution in [0, 0.1) is 15.5 Å². The van der Waals surface area contributed by atoms with Crippen LogP contribution in [0.5, 0.6) is 0 Å². The molecule has 1 aromatic rings. The highest BCUT2D eigenvalue weighted by molar-refractivity contribution is 6.03. The Morgan fingerprint density at radius 1 is 1.33 bits per heavy atom. The predicted octanol–water partition coefficient (Wildman–Crippen LogP) is 0.194. The zero-order chi connectivity index (χ0) is 11.4. The van der Waals surface area contributed by atoms with Crippen molar-refractivity contribution in [1.82, 2.24) is 0 Å². The molecule has 78 valence electrons. The van der Waals surface area contributed by atoms with Gasteiger partial charge in [0.15, 0.2) is 0 Å². The van der Waals surface area contributed by atoms with E-state index in [0.29, 0.717) is 5.56 Å². The van der Waals surface area contributed by atoms with E-state index >= 15 is 0 Å². The predicted molar refractivity (Wildman–Crippen MR) is 55.7 cm³/mol. The molecule has 0 atom stereocenters. The third-order valence-electron chi connectivity index (χ3n) is 1.61. The maximum absolute atomic E-state index is 10.3. The van der Waals surface area contributed by atoms with Crippen LogP contribution in [0.25, 0.3) is 0 Å². The van der Waals surface area contributed by atoms with Gasteiger partial charge in [0.1, 0.15) is 5.84 Å². The van der Waals surface area contributed by atoms with Crippen LogP contribution in [0.15, 0.2) is 29.3 Å². The summed E-state index contributed by atoms with van der Waals surface area (Å²) in [5.74, 6) is -0.358. The first kappa shape index (κ1) is 10.6. The maximum atomic E-state index is 10.3. The first-order valence-electron chi connectivity index (χ1n) is 3.93. The highest BCUT2D eigenvalue weighted by Gasteiger charge is 2.05. The Bertz CT molecular complexity index is 423. The molecule has 7 nitrogen and oxygen atoms in total. The first-order chi connectivity index (χ1) is 7.00. The minimum Gasteiger partial charge on any atom is -0.383 e. The molecule has 0 saturated carbocycles. The number of nitrogens with one attached hydrogen (secondary N) is 1. The lowest BCUT2D eigenvalue weighted by molar-refractivity contribution is -0.384. The molecule has 0 aliphatic carbocycles. The molecular formula is C8H9N5O2. The molecule has 0 aliphatic rings. The number of guanidine groups is 1. The number of benzene rings is 1. The third-order valence-corrected chi connectivity index (χ3v) is 1.61. The van der Waals surface area contributed by atoms with Crippen LogP contribution in [0.1, 0.15) is 5.56 Å². The van der Waals surface area contributed by atoms with Gasteiger partial charge in [-0.25, -0.2) is 0 Å². The highest BCUT2D eigenvalue weighted by Crippen LogP contribution is 2.11. The lowest BCUT2D eigenvalue weighted by Gasteiger charge is -1.99. The molecular weight excluding hydrogens is 198 g/mol. The van der Waals surface area contributed by atoms with Gasteiger partial charge in [0.25, 0.3) is 5.69 Å². The topological polar surface area (TPSA) is 131 Å². The molecule has 0 saturated heterocycles. The number of nitro groups is 1. The smallest absolute Gasteiger partial charge is 0.269 e. The summed E-state index contributed by atoms with van der Waals surface area (Å²) < 4.78 is 0. The van der Waals surface area contributed by atoms with Crippen LogP contribution in [-0.4, -0.2) is 16.7 Å². The second kappa shape index (κ2) is 4.18. The minimum absolute atomic E-state index is 0.0330. The summed E-state index contributed by atoms with van der Waals surface area (Å²) in [5, 5.41) is 17.2. The van der Waals surface area contributed by atoms with Crippen molar-refractivity contribution >= 4 is 17.5 Å². The molecule has 15 heavy (non-hydrogen) atoms. The van der Waals surface area contributed by atoms with Gasteiger partial charge < -0.3 is 11.5 Å². The van der Waals surface area contributed by atoms with Crippen molar-refractivity contribution in [2.45, 2.75) is 0 Å². The molecule has 0 amide bonds. The molecule has 1 aromatic carbocycles. The number of amidine groups is 1. The van der Waals surface area contributed by atoms with E-state index in [1.54, 1.807) is 0 Å². The zero-order valence-corrected chi connectivity index (χ0v) is 7.68. The van der Waals surface area contributed by atoms with Crippen molar-refractivity contribution in [3.63, 3.8) is 0 Å². The first-order valence-corrected chi connectivity index (χ1v) is 3.93. The van der Waals surface area contributed by atoms with E-state index in [0.717, 1.165) is 0 Å². The monoisotopic (exact) mass is 207 g/mol. The summed E-state index contributed by atoms with van der Waals surface area (Å²) in [6.45, 7) is 0. The molecule has 5 N–H and O–H groups in total. The minimum atomic E-state index is -0.512. The van der Waals surface area contributed by atoms with Crippen LogP contribution >= 0.6 is 0 Å². The van der Waals surface area contributed by atoms with Gasteiger partial charge in [-0.05, 0) is 12.1 Å². The lowest BCUT2D eigenvalue weighted by atomic mass is 10.2. The average Bonchev–Trinajstić information content (AvgIpc) is 2.17. The fourth-order valence-corrected chi connectivity index (χ4v) is 0.948. The van der Waals surface area contributed by atoms with E-state index in [4.69, 9.17) is 16.9 Å². The number of nitrogens with two attached hydrogens (primary N) is 2. The quantitative estimate of drug-likeness (QED) is 0.276. The van der Waals surface area contributed by atoms with Gasteiger partial charge in [0, 0.05) is 17.7 Å². The average molecular weight is 207 g/mol. The second-order valence-electron chi connectivity index (χ2n) is 2.69. The Labute approximate surface area is 85.1 Å². The molecule has 7 heteroatoms. The van der Waals surface area contributed by atoms with Gasteiger partial charge in [-0.2, -0.15) is 4.99 Å². The van der Waals surface area contributed by atoms with Gasteiger partial charge in [-0.3, -0.25) is 15.5 Å². The van der Waals surface area contributed by atoms with Crippen molar-refractivity contribution in [2.24, 2.45) is 16.5 Å². The summed E-state index contributed by atoms with van der Waals surface area (Å²) in [6, 6.07) is 5.50. The lowest BCUT2D eigenvalue weighted by Crippen LogP contribution is -2.18. The fraction of sp³-hybridized carbons (Fsp3) is 0. The van der Waals surface area contributed by atoms with E-state index in [2.05, 4.69) is 4.99 Å². The van der Waals surface area contributed by atoms with Crippen molar-refractivity contribution in [2.75, 3.05) is 0 Å². The van der Waals surface area contributed by atoms with Gasteiger partial charge in [0.05, 0.1) is 4.92 Å². The molecule has 0 bridgehead atoms. The van der Waals surface area contributed by atoms with Gasteiger partial charge in [0.2, 0.25) is 5.96 Å². The van der Waals surface area contributed by atoms with Crippen molar-refractivity contribution in [1.29, 1.82) is 5.41 Å². The highest BCUT2D eigenvalue weighted by atomic mass is 16.6. The molecule has 0 unspecified atom stereocenters. The number of aliphatic imine (C=N–C) groups is 1. The Kier molecular flexibility index (Phi) is 2.97. The SMILES string of the molecule is N=C(N)/N=C(\N)c1ccc([N+](=O)[O-])cc1. The number of non-ortho nitro benzene ring substituents is 1. The molecule has 0 heterocycles. The fourth-order valence-electron chi connectivity index (χ4n) is 0.948. The summed E-state index contributed by atoms with van der Waals surface area (Å²) in [5.41, 5.74) is 10.9. The molecule has 0 fully saturated rings. The summed E-state index contributed by atoms with van der Waals surface area (Å²) in [7, 11) is 0. The number of rotatable bonds is 2. The Morgan fingerprint density at radius 3 is 2.27 bits per heavy atom. The van der Waals surface area contributed by atoms with E-state index in [1.807, 2.05) is 0 Å². The molecule has 1 rings (SSSR count). The van der Waals surface area contributed by atoms with E-state index in [-0.39, 0.29) is 11.5 Å². The Hall–Kier alpha value is -2.44. The standard InChI is InChI=1S/C8H9N5O2/c9-7(12-8(10)11)5-1-3-6(4-2-5)13(14)15/h1-4H,(H5,9,10,11,12). The van der Waals surface area contributed by atoms with Crippen molar-refractivity contribution in [3.05, 3.63) is 39.9 Å². The summed E-state index contributed by atoms with van der Waals surface area (Å²) in [4.78, 5) is 13.3. The Morgan fingerprint density at radius 2 is 1.87 bits per heavy atom. The molecule has 0 aliphatic heterocycles. The van der Waals surface area contributed by atoms with E-state index in [9.17, 15) is 10.1 Å². The van der Waals surface area contributed by atoms with Crippen molar-refractivity contribution < 1.29 is 4.92 Å². The number of hydrogen-bond donors (Lipinski definition) is 3. The van der Waals surface area contributed by atoms with Gasteiger partial charge in [-0.15, -0.1) is 0 Å². The van der Waals surface area contributed by atoms with Crippen LogP contribution < -0.4 is 11.5 Å². The molecule has 0 radical (unpaired) electrons. The van der Waals surface area contributed by atoms with E-state index < -0.39 is 10.9 Å². The molecule has 0 aromatic heterocycles. The van der Waals surface area contributed by atoms with Crippen LogP contribution in [0.4, 0.5) is 5.69 Å². The Balaban J connectivity index is 2.99. The number of nitrogens with zero attached hydrogens (tertiary/aromatic N) is 2.